The molecule has 1 unspecified atom stereocenters. The quantitative estimate of drug-likeness (QED) is 0.783. The molecule has 2 aromatic carbocycles. The summed E-state index contributed by atoms with van der Waals surface area (Å²) in [6, 6.07) is 14.8. The zero-order valence-electron chi connectivity index (χ0n) is 12.9. The highest BCUT2D eigenvalue weighted by molar-refractivity contribution is 5.88. The van der Waals surface area contributed by atoms with Gasteiger partial charge in [-0.15, -0.1) is 0 Å². The van der Waals surface area contributed by atoms with Crippen molar-refractivity contribution in [3.8, 4) is 0 Å². The molecule has 0 fully saturated rings. The number of carbonyl (C=O) groups excluding carboxylic acids is 1. The molecule has 0 bridgehead atoms. The van der Waals surface area contributed by atoms with E-state index in [4.69, 9.17) is 0 Å². The van der Waals surface area contributed by atoms with E-state index >= 15 is 0 Å². The summed E-state index contributed by atoms with van der Waals surface area (Å²) in [6.07, 6.45) is 0.930. The van der Waals surface area contributed by atoms with Crippen molar-refractivity contribution in [3.05, 3.63) is 70.3 Å². The summed E-state index contributed by atoms with van der Waals surface area (Å²) in [5.74, 6) is 0.0252. The van der Waals surface area contributed by atoms with Crippen LogP contribution in [0.2, 0.25) is 0 Å². The van der Waals surface area contributed by atoms with Gasteiger partial charge in [-0.2, -0.15) is 0 Å². The van der Waals surface area contributed by atoms with E-state index in [1.165, 1.54) is 16.7 Å². The van der Waals surface area contributed by atoms with Gasteiger partial charge in [-0.3, -0.25) is 4.79 Å². The highest BCUT2D eigenvalue weighted by atomic mass is 16.2. The van der Waals surface area contributed by atoms with Crippen molar-refractivity contribution in [2.24, 2.45) is 0 Å². The van der Waals surface area contributed by atoms with Crippen LogP contribution in [-0.4, -0.2) is 24.4 Å². The maximum Gasteiger partial charge on any atom is 0.234 e. The van der Waals surface area contributed by atoms with Gasteiger partial charge < -0.3 is 4.90 Å². The predicted molar refractivity (Wildman–Crippen MR) is 85.5 cm³/mol. The van der Waals surface area contributed by atoms with E-state index in [1.54, 1.807) is 0 Å². The second-order valence-electron chi connectivity index (χ2n) is 6.06. The number of fused-ring (bicyclic) bond motifs is 1. The monoisotopic (exact) mass is 279 g/mol. The molecule has 3 rings (SSSR count). The van der Waals surface area contributed by atoms with Gasteiger partial charge >= 0.3 is 0 Å². The minimum absolute atomic E-state index is 0.174. The van der Waals surface area contributed by atoms with Gasteiger partial charge in [0.2, 0.25) is 5.91 Å². The predicted octanol–water partition coefficient (Wildman–Crippen LogP) is 3.45. The number of benzene rings is 2. The average molecular weight is 279 g/mol. The van der Waals surface area contributed by atoms with Gasteiger partial charge in [0.1, 0.15) is 0 Å². The number of hydrogen-bond donors (Lipinski definition) is 0. The molecule has 21 heavy (non-hydrogen) atoms. The lowest BCUT2D eigenvalue weighted by molar-refractivity contribution is -0.130. The van der Waals surface area contributed by atoms with Crippen LogP contribution < -0.4 is 0 Å². The van der Waals surface area contributed by atoms with Crippen LogP contribution in [0.3, 0.4) is 0 Å². The smallest absolute Gasteiger partial charge is 0.234 e. The van der Waals surface area contributed by atoms with Gasteiger partial charge in [0.25, 0.3) is 0 Å². The van der Waals surface area contributed by atoms with E-state index in [-0.39, 0.29) is 11.8 Å². The molecule has 0 spiro atoms. The minimum Gasteiger partial charge on any atom is -0.345 e. The van der Waals surface area contributed by atoms with Crippen molar-refractivity contribution in [3.63, 3.8) is 0 Å². The Morgan fingerprint density at radius 1 is 1.05 bits per heavy atom. The Balaban J connectivity index is 2.19. The molecule has 0 saturated carbocycles. The number of aryl methyl sites for hydroxylation is 2. The van der Waals surface area contributed by atoms with Gasteiger partial charge in [-0.1, -0.05) is 53.6 Å². The first kappa shape index (κ1) is 13.9. The van der Waals surface area contributed by atoms with Crippen molar-refractivity contribution >= 4 is 5.91 Å². The standard InChI is InChI=1S/C19H21NO/c1-13-10-14(2)12-16(11-13)18-17-7-5-4-6-15(17)8-9-20(3)19(18)21/h4-7,10-12,18H,8-9H2,1-3H3. The van der Waals surface area contributed by atoms with Crippen LogP contribution in [0.1, 0.15) is 33.7 Å². The molecule has 1 aliphatic heterocycles. The summed E-state index contributed by atoms with van der Waals surface area (Å²) >= 11 is 0. The average Bonchev–Trinajstić information content (AvgIpc) is 2.56. The first-order valence-corrected chi connectivity index (χ1v) is 7.47. The summed E-state index contributed by atoms with van der Waals surface area (Å²) in [7, 11) is 1.91. The fraction of sp³-hybridized carbons (Fsp3) is 0.316. The molecule has 1 atom stereocenters. The van der Waals surface area contributed by atoms with Crippen molar-refractivity contribution < 1.29 is 4.79 Å². The van der Waals surface area contributed by atoms with Gasteiger partial charge in [-0.05, 0) is 37.0 Å². The van der Waals surface area contributed by atoms with Gasteiger partial charge in [0.15, 0.2) is 0 Å². The van der Waals surface area contributed by atoms with E-state index in [1.807, 2.05) is 18.0 Å². The second-order valence-corrected chi connectivity index (χ2v) is 6.06. The minimum atomic E-state index is -0.174. The van der Waals surface area contributed by atoms with E-state index in [9.17, 15) is 4.79 Å². The molecule has 1 heterocycles. The molecule has 0 aromatic heterocycles. The second kappa shape index (κ2) is 5.36. The fourth-order valence-electron chi connectivity index (χ4n) is 3.29. The van der Waals surface area contributed by atoms with E-state index in [0.717, 1.165) is 24.1 Å². The molecule has 0 aliphatic carbocycles. The number of carbonyl (C=O) groups is 1. The zero-order chi connectivity index (χ0) is 15.0. The van der Waals surface area contributed by atoms with Crippen molar-refractivity contribution in [2.75, 3.05) is 13.6 Å². The largest absolute Gasteiger partial charge is 0.345 e. The lowest BCUT2D eigenvalue weighted by Gasteiger charge is -2.22. The Morgan fingerprint density at radius 2 is 1.71 bits per heavy atom. The molecular weight excluding hydrogens is 258 g/mol. The maximum absolute atomic E-state index is 12.9. The van der Waals surface area contributed by atoms with Crippen molar-refractivity contribution in [1.29, 1.82) is 0 Å². The maximum atomic E-state index is 12.9. The molecule has 0 N–H and O–H groups in total. The third-order valence-corrected chi connectivity index (χ3v) is 4.28. The number of rotatable bonds is 1. The summed E-state index contributed by atoms with van der Waals surface area (Å²) in [4.78, 5) is 14.7. The number of nitrogens with zero attached hydrogens (tertiary/aromatic N) is 1. The summed E-state index contributed by atoms with van der Waals surface area (Å²) < 4.78 is 0. The van der Waals surface area contributed by atoms with Crippen LogP contribution in [0.4, 0.5) is 0 Å². The van der Waals surface area contributed by atoms with Crippen molar-refractivity contribution in [1.82, 2.24) is 4.90 Å². The van der Waals surface area contributed by atoms with Gasteiger partial charge in [-0.25, -0.2) is 0 Å². The van der Waals surface area contributed by atoms with Crippen LogP contribution in [0, 0.1) is 13.8 Å². The first-order chi connectivity index (χ1) is 10.1. The molecule has 1 amide bonds. The molecule has 2 nitrogen and oxygen atoms in total. The molecule has 108 valence electrons. The third kappa shape index (κ3) is 2.58. The molecule has 0 radical (unpaired) electrons. The lowest BCUT2D eigenvalue weighted by atomic mass is 9.86. The molecule has 0 saturated heterocycles. The van der Waals surface area contributed by atoms with E-state index in [0.29, 0.717) is 0 Å². The zero-order valence-corrected chi connectivity index (χ0v) is 12.9. The number of amides is 1. The van der Waals surface area contributed by atoms with Gasteiger partial charge in [0.05, 0.1) is 5.92 Å². The summed E-state index contributed by atoms with van der Waals surface area (Å²) in [5.41, 5.74) is 5.99. The van der Waals surface area contributed by atoms with Crippen molar-refractivity contribution in [2.45, 2.75) is 26.2 Å². The Morgan fingerprint density at radius 3 is 2.43 bits per heavy atom. The highest BCUT2D eigenvalue weighted by Crippen LogP contribution is 2.32. The van der Waals surface area contributed by atoms with Crippen LogP contribution in [0.25, 0.3) is 0 Å². The molecular formula is C19H21NO. The van der Waals surface area contributed by atoms with E-state index < -0.39 is 0 Å². The Labute approximate surface area is 126 Å². The third-order valence-electron chi connectivity index (χ3n) is 4.28. The Bertz CT molecular complexity index is 669. The molecule has 1 aliphatic rings. The topological polar surface area (TPSA) is 20.3 Å². The normalized spacial score (nSPS) is 18.3. The van der Waals surface area contributed by atoms with Crippen LogP contribution in [-0.2, 0) is 11.2 Å². The van der Waals surface area contributed by atoms with Crippen LogP contribution in [0.15, 0.2) is 42.5 Å². The first-order valence-electron chi connectivity index (χ1n) is 7.47. The molecule has 2 heteroatoms. The number of hydrogen-bond acceptors (Lipinski definition) is 1. The number of likely N-dealkylation sites (N-methyl/N-ethyl adjacent to an activating group) is 1. The summed E-state index contributed by atoms with van der Waals surface area (Å²) in [5, 5.41) is 0. The van der Waals surface area contributed by atoms with Crippen LogP contribution >= 0.6 is 0 Å². The highest BCUT2D eigenvalue weighted by Gasteiger charge is 2.30. The molecule has 2 aromatic rings. The lowest BCUT2D eigenvalue weighted by Crippen LogP contribution is -2.31. The Hall–Kier alpha value is -2.09. The van der Waals surface area contributed by atoms with Crippen LogP contribution in [0.5, 0.6) is 0 Å². The Kier molecular flexibility index (Phi) is 3.54. The fourth-order valence-corrected chi connectivity index (χ4v) is 3.29. The van der Waals surface area contributed by atoms with Gasteiger partial charge in [0, 0.05) is 13.6 Å². The summed E-state index contributed by atoms with van der Waals surface area (Å²) in [6.45, 7) is 4.97. The SMILES string of the molecule is Cc1cc(C)cc(C2C(=O)N(C)CCc3ccccc32)c1. The van der Waals surface area contributed by atoms with E-state index in [2.05, 4.69) is 50.2 Å².